The molecule has 0 heterocycles. The van der Waals surface area contributed by atoms with Gasteiger partial charge in [-0.15, -0.1) is 0 Å². The molecule has 0 bridgehead atoms. The SMILES string of the molecule is Oc1ccccc1C=NCCN=Cc1ccccc1O.[C-]#N.[C-]#N.[Fe].[Ru+6].[Ru+6].[cH-]1[cH-][cH-][cH-][cH-]1.c1cc[cH-]c1.c1ccc([PH+](c2ccccc2)c2ccccc2)cc1.c1ccc([PH+](c2ccccc2)c2ccccc2)cc1.c1ccc([PH+](c2ccccc2)c2ccccc2)cc1.c1ccc([PH+](c2ccccc2)c2ccccc2)cc1. The molecule has 2 N–H and O–H groups in total. The molecule has 13 heteroatoms. The summed E-state index contributed by atoms with van der Waals surface area (Å²) < 4.78 is 0. The summed E-state index contributed by atoms with van der Waals surface area (Å²) in [6, 6.07) is 164. The van der Waals surface area contributed by atoms with Crippen LogP contribution in [0.3, 0.4) is 0 Å². The number of hydrogen-bond donors (Lipinski definition) is 2. The van der Waals surface area contributed by atoms with E-state index in [4.69, 9.17) is 23.7 Å². The summed E-state index contributed by atoms with van der Waals surface area (Å²) in [5, 5.41) is 48.8. The molecule has 0 fully saturated rings. The molecule has 0 amide bonds. The van der Waals surface area contributed by atoms with Crippen LogP contribution in [0.15, 0.2) is 483 Å². The number of hydrogen-bond acceptors (Lipinski definition) is 6. The number of phenolic OH excluding ortho intramolecular Hbond substituents is 2. The van der Waals surface area contributed by atoms with E-state index in [-0.39, 0.29) is 67.5 Å². The minimum absolute atomic E-state index is 0. The van der Waals surface area contributed by atoms with Crippen molar-refractivity contribution >= 4 is 108 Å². The van der Waals surface area contributed by atoms with Crippen LogP contribution in [0.25, 0.3) is 0 Å². The van der Waals surface area contributed by atoms with Crippen molar-refractivity contribution in [3.8, 4) is 11.5 Å². The van der Waals surface area contributed by atoms with Crippen molar-refractivity contribution in [3.63, 3.8) is 0 Å². The molecule has 16 aromatic rings. The van der Waals surface area contributed by atoms with Crippen LogP contribution in [-0.4, -0.2) is 35.7 Å². The summed E-state index contributed by atoms with van der Waals surface area (Å²) in [5.74, 6) is 0.433. The molecule has 0 unspecified atom stereocenters. The van der Waals surface area contributed by atoms with Crippen LogP contribution in [-0.2, 0) is 56.0 Å². The molecule has 558 valence electrons. The summed E-state index contributed by atoms with van der Waals surface area (Å²) in [5.41, 5.74) is 1.38. The maximum atomic E-state index is 9.54. The van der Waals surface area contributed by atoms with Gasteiger partial charge in [0.25, 0.3) is 0 Å². The first-order chi connectivity index (χ1) is 54.6. The van der Waals surface area contributed by atoms with Crippen molar-refractivity contribution in [1.29, 1.82) is 10.5 Å². The van der Waals surface area contributed by atoms with Crippen molar-refractivity contribution in [3.05, 3.63) is 497 Å². The Hall–Kier alpha value is -10.8. The van der Waals surface area contributed by atoms with Crippen LogP contribution < -0.4 is 63.7 Å². The van der Waals surface area contributed by atoms with Crippen molar-refractivity contribution in [2.75, 3.05) is 13.1 Å². The molecule has 113 heavy (non-hydrogen) atoms. The average Bonchev–Trinajstić information content (AvgIpc) is 1.67. The van der Waals surface area contributed by atoms with Crippen LogP contribution in [0, 0.1) is 23.7 Å². The Balaban J connectivity index is 0.000000240. The van der Waals surface area contributed by atoms with Gasteiger partial charge in [-0.25, -0.2) is 12.1 Å². The third-order valence-electron chi connectivity index (χ3n) is 16.6. The minimum atomic E-state index is -0.877. The number of aliphatic imine (C=N–C) groups is 2. The molecule has 0 aliphatic rings. The zero-order valence-corrected chi connectivity index (χ0v) is 70.9. The van der Waals surface area contributed by atoms with Gasteiger partial charge in [0.2, 0.25) is 0 Å². The summed E-state index contributed by atoms with van der Waals surface area (Å²) >= 11 is 0. The Morgan fingerprint density at radius 2 is 0.372 bits per heavy atom. The van der Waals surface area contributed by atoms with E-state index >= 15 is 0 Å². The number of para-hydroxylation sites is 2. The van der Waals surface area contributed by atoms with Crippen LogP contribution in [0.1, 0.15) is 11.1 Å². The van der Waals surface area contributed by atoms with E-state index in [0.29, 0.717) is 24.2 Å². The van der Waals surface area contributed by atoms with E-state index in [1.807, 2.05) is 72.8 Å². The number of aromatic hydroxyl groups is 2. The molecule has 0 aromatic heterocycles. The molecule has 0 aliphatic carbocycles. The summed E-state index contributed by atoms with van der Waals surface area (Å²) in [4.78, 5) is 8.39. The third kappa shape index (κ3) is 32.8. The van der Waals surface area contributed by atoms with E-state index in [2.05, 4.69) is 374 Å². The minimum Gasteiger partial charge on any atom is -0.748 e. The van der Waals surface area contributed by atoms with Gasteiger partial charge in [0.15, 0.2) is 0 Å². The first-order valence-corrected chi connectivity index (χ1v) is 42.0. The second-order valence-electron chi connectivity index (χ2n) is 24.0. The topological polar surface area (TPSA) is 113 Å². The normalized spacial score (nSPS) is 9.88. The van der Waals surface area contributed by atoms with Crippen LogP contribution in [0.2, 0.25) is 0 Å². The Labute approximate surface area is 710 Å². The van der Waals surface area contributed by atoms with Gasteiger partial charge in [0.05, 0.1) is 44.8 Å². The maximum Gasteiger partial charge on any atom is 6.00 e. The van der Waals surface area contributed by atoms with Crippen molar-refractivity contribution < 1.29 is 66.2 Å². The molecule has 0 atom stereocenters. The van der Waals surface area contributed by atoms with Crippen molar-refractivity contribution in [2.45, 2.75) is 0 Å². The van der Waals surface area contributed by atoms with E-state index in [0.717, 1.165) is 0 Å². The maximum absolute atomic E-state index is 9.54. The quantitative estimate of drug-likeness (QED) is 0.0311. The molecule has 6 nitrogen and oxygen atoms in total. The van der Waals surface area contributed by atoms with Crippen molar-refractivity contribution in [1.82, 2.24) is 0 Å². The predicted molar refractivity (Wildman–Crippen MR) is 481 cm³/mol. The molecule has 0 saturated heterocycles. The van der Waals surface area contributed by atoms with Crippen LogP contribution in [0.4, 0.5) is 0 Å². The number of phenols is 2. The Bertz CT molecular complexity index is 4090. The monoisotopic (exact) mass is 1760 g/mol. The largest absolute Gasteiger partial charge is 6.00 e. The van der Waals surface area contributed by atoms with Gasteiger partial charge in [-0.1, -0.05) is 243 Å². The molecular weight excluding hydrogens is 1670 g/mol. The van der Waals surface area contributed by atoms with E-state index in [1.54, 1.807) is 48.8 Å². The van der Waals surface area contributed by atoms with E-state index < -0.39 is 31.7 Å². The average molecular weight is 1760 g/mol. The van der Waals surface area contributed by atoms with Crippen LogP contribution in [0.5, 0.6) is 11.5 Å². The predicted octanol–water partition coefficient (Wildman–Crippen LogP) is 18.3. The van der Waals surface area contributed by atoms with Gasteiger partial charge in [-0.05, 0) is 170 Å². The molecule has 0 aliphatic heterocycles. The molecular formula is C100H90FeN4O2P4Ru2+8. The first kappa shape index (κ1) is 92.8. The summed E-state index contributed by atoms with van der Waals surface area (Å²) in [6.45, 7) is 10.6. The van der Waals surface area contributed by atoms with Gasteiger partial charge < -0.3 is 64.2 Å². The molecule has 16 rings (SSSR count). The Morgan fingerprint density at radius 1 is 0.230 bits per heavy atom. The second kappa shape index (κ2) is 57.3. The van der Waals surface area contributed by atoms with Crippen molar-refractivity contribution in [2.24, 2.45) is 9.98 Å². The third-order valence-corrected chi connectivity index (χ3v) is 27.5. The fourth-order valence-corrected chi connectivity index (χ4v) is 21.8. The van der Waals surface area contributed by atoms with E-state index in [1.165, 1.54) is 63.7 Å². The molecule has 0 radical (unpaired) electrons. The molecule has 16 aromatic carbocycles. The van der Waals surface area contributed by atoms with Gasteiger partial charge >= 0.3 is 39.0 Å². The zero-order chi connectivity index (χ0) is 76.9. The fourth-order valence-electron chi connectivity index (χ4n) is 11.5. The molecule has 0 saturated carbocycles. The van der Waals surface area contributed by atoms with Crippen LogP contribution >= 0.6 is 31.7 Å². The number of nitrogens with zero attached hydrogens (tertiary/aromatic N) is 4. The Kier molecular flexibility index (Phi) is 47.0. The second-order valence-corrected chi connectivity index (χ2v) is 33.9. The fraction of sp³-hybridized carbons (Fsp3) is 0.0200. The number of rotatable bonds is 17. The summed E-state index contributed by atoms with van der Waals surface area (Å²) in [7, 11) is -3.51. The number of benzene rings is 14. The van der Waals surface area contributed by atoms with Gasteiger partial charge in [0.1, 0.15) is 75.2 Å². The molecule has 0 spiro atoms. The van der Waals surface area contributed by atoms with Gasteiger partial charge in [0, 0.05) is 40.6 Å². The standard InChI is InChI=1S/4C18H15P.C16H16N2O2.2C5H5.2CN.Fe.2Ru/c4*1-4-10-16(11-5-1)19(17-12-6-2-7-13-17)18-14-8-3-9-15-18;19-15-7-3-1-5-13(15)11-17-9-10-18-12-14-6-2-4-8-16(14)20;2*1-2-4-5-3-1;2*1-2;;;/h4*1-15H;1-8,11-12,19-20H,9-10H2;2*1-5H;;;;;/q;;;;;-5;3*-1;;2*+6/p+4. The van der Waals surface area contributed by atoms with Gasteiger partial charge in [-0.3, -0.25) is 9.98 Å². The van der Waals surface area contributed by atoms with E-state index in [9.17, 15) is 10.2 Å². The zero-order valence-electron chi connectivity index (χ0n) is 62.3. The smallest absolute Gasteiger partial charge is 0.748 e. The Morgan fingerprint density at radius 3 is 0.504 bits per heavy atom. The first-order valence-electron chi connectivity index (χ1n) is 36.0. The van der Waals surface area contributed by atoms with Gasteiger partial charge in [-0.2, -0.15) is 18.2 Å². The summed E-state index contributed by atoms with van der Waals surface area (Å²) in [6.07, 6.45) is 3.26.